The quantitative estimate of drug-likeness (QED) is 0.374. The lowest BCUT2D eigenvalue weighted by Gasteiger charge is -2.34. The number of amides is 1. The highest BCUT2D eigenvalue weighted by molar-refractivity contribution is 5.88. The molecule has 0 unspecified atom stereocenters. The number of carbonyl (C=O) groups is 1. The molecule has 0 aliphatic carbocycles. The van der Waals surface area contributed by atoms with Gasteiger partial charge in [0.25, 0.3) is 0 Å². The first kappa shape index (κ1) is 24.5. The van der Waals surface area contributed by atoms with Crippen molar-refractivity contribution in [1.29, 1.82) is 5.26 Å². The molecule has 0 spiro atoms. The molecular weight excluding hydrogens is 458 g/mol. The number of aromatic nitrogens is 2. The van der Waals surface area contributed by atoms with Crippen LogP contribution in [0.1, 0.15) is 35.6 Å². The van der Waals surface area contributed by atoms with Gasteiger partial charge in [0.15, 0.2) is 11.7 Å². The van der Waals surface area contributed by atoms with Crippen LogP contribution in [0.25, 0.3) is 11.0 Å². The van der Waals surface area contributed by atoms with Gasteiger partial charge in [-0.2, -0.15) is 5.26 Å². The van der Waals surface area contributed by atoms with Crippen LogP contribution < -0.4 is 10.2 Å². The molecule has 1 aliphatic rings. The van der Waals surface area contributed by atoms with Crippen molar-refractivity contribution in [2.75, 3.05) is 24.5 Å². The van der Waals surface area contributed by atoms with E-state index in [1.165, 1.54) is 5.56 Å². The zero-order valence-electron chi connectivity index (χ0n) is 20.9. The van der Waals surface area contributed by atoms with Crippen LogP contribution in [0.4, 0.5) is 5.82 Å². The number of carbonyl (C=O) groups excluding carboxylic acids is 1. The second-order valence-corrected chi connectivity index (χ2v) is 9.63. The molecule has 1 aliphatic heterocycles. The Balaban J connectivity index is 1.34. The molecule has 6 nitrogen and oxygen atoms in total. The second-order valence-electron chi connectivity index (χ2n) is 9.63. The topological polar surface area (TPSA) is 81.9 Å². The van der Waals surface area contributed by atoms with Crippen LogP contribution >= 0.6 is 0 Å². The van der Waals surface area contributed by atoms with Gasteiger partial charge in [0.1, 0.15) is 5.69 Å². The highest BCUT2D eigenvalue weighted by Gasteiger charge is 2.30. The minimum Gasteiger partial charge on any atom is -0.355 e. The number of rotatable bonds is 8. The number of piperidine rings is 1. The second kappa shape index (κ2) is 11.7. The van der Waals surface area contributed by atoms with Crippen molar-refractivity contribution in [3.8, 4) is 6.07 Å². The zero-order chi connectivity index (χ0) is 25.5. The average Bonchev–Trinajstić information content (AvgIpc) is 2.95. The smallest absolute Gasteiger partial charge is 0.243 e. The average molecular weight is 490 g/mol. The number of para-hydroxylation sites is 2. The lowest BCUT2D eigenvalue weighted by atomic mass is 9.90. The summed E-state index contributed by atoms with van der Waals surface area (Å²) in [5, 5.41) is 13.0. The van der Waals surface area contributed by atoms with Crippen LogP contribution in [0.5, 0.6) is 0 Å². The number of nitrogens with zero attached hydrogens (tertiary/aromatic N) is 4. The molecule has 1 atom stereocenters. The third kappa shape index (κ3) is 5.95. The molecule has 0 radical (unpaired) electrons. The SMILES string of the molecule is N#C[C@H](C(=O)NCCc1ccccc1)c1nc2ccccc2nc1N1CCC(Cc2ccccc2)CC1. The number of nitrogens with one attached hydrogen (secondary N) is 1. The molecule has 1 saturated heterocycles. The van der Waals surface area contributed by atoms with Crippen LogP contribution in [-0.4, -0.2) is 35.5 Å². The predicted molar refractivity (Wildman–Crippen MR) is 146 cm³/mol. The van der Waals surface area contributed by atoms with Crippen molar-refractivity contribution in [3.63, 3.8) is 0 Å². The van der Waals surface area contributed by atoms with Crippen molar-refractivity contribution < 1.29 is 4.79 Å². The number of nitriles is 1. The van der Waals surface area contributed by atoms with Crippen molar-refractivity contribution >= 4 is 22.8 Å². The van der Waals surface area contributed by atoms with Gasteiger partial charge in [-0.15, -0.1) is 0 Å². The van der Waals surface area contributed by atoms with E-state index in [-0.39, 0.29) is 5.91 Å². The fraction of sp³-hybridized carbons (Fsp3) is 0.290. The highest BCUT2D eigenvalue weighted by atomic mass is 16.1. The summed E-state index contributed by atoms with van der Waals surface area (Å²) < 4.78 is 0. The molecule has 186 valence electrons. The highest BCUT2D eigenvalue weighted by Crippen LogP contribution is 2.31. The summed E-state index contributed by atoms with van der Waals surface area (Å²) in [5.41, 5.74) is 4.41. The summed E-state index contributed by atoms with van der Waals surface area (Å²) >= 11 is 0. The van der Waals surface area contributed by atoms with Crippen LogP contribution in [0.3, 0.4) is 0 Å². The molecule has 5 rings (SSSR count). The van der Waals surface area contributed by atoms with E-state index < -0.39 is 5.92 Å². The molecule has 1 N–H and O–H groups in total. The summed E-state index contributed by atoms with van der Waals surface area (Å²) in [4.78, 5) is 25.1. The Labute approximate surface area is 218 Å². The predicted octanol–water partition coefficient (Wildman–Crippen LogP) is 5.05. The monoisotopic (exact) mass is 489 g/mol. The fourth-order valence-electron chi connectivity index (χ4n) is 5.05. The van der Waals surface area contributed by atoms with E-state index in [1.54, 1.807) is 0 Å². The molecule has 37 heavy (non-hydrogen) atoms. The number of anilines is 1. The summed E-state index contributed by atoms with van der Waals surface area (Å²) in [7, 11) is 0. The first-order chi connectivity index (χ1) is 18.2. The van der Waals surface area contributed by atoms with E-state index in [1.807, 2.05) is 54.6 Å². The maximum absolute atomic E-state index is 13.2. The summed E-state index contributed by atoms with van der Waals surface area (Å²) in [6.45, 7) is 2.11. The number of fused-ring (bicyclic) bond motifs is 1. The van der Waals surface area contributed by atoms with Gasteiger partial charge in [0.2, 0.25) is 5.91 Å². The van der Waals surface area contributed by atoms with Gasteiger partial charge in [0.05, 0.1) is 17.1 Å². The fourth-order valence-corrected chi connectivity index (χ4v) is 5.05. The Bertz CT molecular complexity index is 1380. The Hall–Kier alpha value is -4.24. The Morgan fingerprint density at radius 1 is 0.892 bits per heavy atom. The van der Waals surface area contributed by atoms with Crippen molar-refractivity contribution in [2.24, 2.45) is 5.92 Å². The molecular formula is C31H31N5O. The van der Waals surface area contributed by atoms with Crippen molar-refractivity contribution in [3.05, 3.63) is 102 Å². The van der Waals surface area contributed by atoms with Gasteiger partial charge in [-0.3, -0.25) is 4.79 Å². The van der Waals surface area contributed by atoms with Gasteiger partial charge in [-0.05, 0) is 54.9 Å². The van der Waals surface area contributed by atoms with Crippen LogP contribution in [0.15, 0.2) is 84.9 Å². The van der Waals surface area contributed by atoms with Gasteiger partial charge >= 0.3 is 0 Å². The molecule has 4 aromatic rings. The van der Waals surface area contributed by atoms with Gasteiger partial charge in [-0.25, -0.2) is 9.97 Å². The van der Waals surface area contributed by atoms with E-state index in [2.05, 4.69) is 46.6 Å². The van der Waals surface area contributed by atoms with Crippen LogP contribution in [0, 0.1) is 17.2 Å². The van der Waals surface area contributed by atoms with Crippen LogP contribution in [-0.2, 0) is 17.6 Å². The lowest BCUT2D eigenvalue weighted by molar-refractivity contribution is -0.121. The zero-order valence-corrected chi connectivity index (χ0v) is 20.9. The molecule has 1 fully saturated rings. The maximum Gasteiger partial charge on any atom is 0.243 e. The van der Waals surface area contributed by atoms with Gasteiger partial charge in [0, 0.05) is 19.6 Å². The Morgan fingerprint density at radius 2 is 1.49 bits per heavy atom. The molecule has 1 aromatic heterocycles. The number of hydrogen-bond donors (Lipinski definition) is 1. The third-order valence-electron chi connectivity index (χ3n) is 7.08. The van der Waals surface area contributed by atoms with E-state index in [0.29, 0.717) is 35.9 Å². The number of hydrogen-bond acceptors (Lipinski definition) is 5. The van der Waals surface area contributed by atoms with Gasteiger partial charge < -0.3 is 10.2 Å². The lowest BCUT2D eigenvalue weighted by Crippen LogP contribution is -2.37. The first-order valence-corrected chi connectivity index (χ1v) is 13.0. The molecule has 0 bridgehead atoms. The normalized spacial score (nSPS) is 14.7. The standard InChI is InChI=1S/C31H31N5O/c32-22-26(31(37)33-18-15-23-9-3-1-4-10-23)29-30(35-28-14-8-7-13-27(28)34-29)36-19-16-25(17-20-36)21-24-11-5-2-6-12-24/h1-14,25-26H,15-21H2,(H,33,37)/t26-/m0/s1. The van der Waals surface area contributed by atoms with Crippen molar-refractivity contribution in [1.82, 2.24) is 15.3 Å². The summed E-state index contributed by atoms with van der Waals surface area (Å²) in [5.74, 6) is -0.0988. The molecule has 0 saturated carbocycles. The summed E-state index contributed by atoms with van der Waals surface area (Å²) in [6, 6.07) is 30.5. The summed E-state index contributed by atoms with van der Waals surface area (Å²) in [6.07, 6.45) is 3.83. The van der Waals surface area contributed by atoms with E-state index in [4.69, 9.17) is 9.97 Å². The molecule has 2 heterocycles. The van der Waals surface area contributed by atoms with Crippen LogP contribution in [0.2, 0.25) is 0 Å². The largest absolute Gasteiger partial charge is 0.355 e. The minimum absolute atomic E-state index is 0.330. The first-order valence-electron chi connectivity index (χ1n) is 13.0. The molecule has 6 heteroatoms. The van der Waals surface area contributed by atoms with E-state index in [0.717, 1.165) is 43.4 Å². The minimum atomic E-state index is -1.02. The van der Waals surface area contributed by atoms with Crippen molar-refractivity contribution in [2.45, 2.75) is 31.6 Å². The van der Waals surface area contributed by atoms with E-state index >= 15 is 0 Å². The van der Waals surface area contributed by atoms with E-state index in [9.17, 15) is 10.1 Å². The molecule has 3 aromatic carbocycles. The Kier molecular flexibility index (Phi) is 7.71. The number of benzene rings is 3. The Morgan fingerprint density at radius 3 is 2.14 bits per heavy atom. The maximum atomic E-state index is 13.2. The van der Waals surface area contributed by atoms with Gasteiger partial charge in [-0.1, -0.05) is 72.8 Å². The third-order valence-corrected chi connectivity index (χ3v) is 7.08. The molecule has 1 amide bonds.